The SMILES string of the molecule is C[C@H](NC(=O)[C@H]1Cc2ccccc2S1)c1ccccc1F. The van der Waals surface area contributed by atoms with Crippen molar-refractivity contribution in [1.82, 2.24) is 5.32 Å². The monoisotopic (exact) mass is 301 g/mol. The van der Waals surface area contributed by atoms with Crippen molar-refractivity contribution in [1.29, 1.82) is 0 Å². The largest absolute Gasteiger partial charge is 0.348 e. The van der Waals surface area contributed by atoms with Crippen LogP contribution in [0.3, 0.4) is 0 Å². The Morgan fingerprint density at radius 1 is 1.24 bits per heavy atom. The Kier molecular flexibility index (Phi) is 3.97. The standard InChI is InChI=1S/C17H16FNOS/c1-11(13-7-3-4-8-14(13)18)19-17(20)16-10-12-6-2-5-9-15(12)21-16/h2-9,11,16H,10H2,1H3,(H,19,20)/t11-,16+/m0/s1. The zero-order valence-electron chi connectivity index (χ0n) is 11.7. The lowest BCUT2D eigenvalue weighted by molar-refractivity contribution is -0.121. The number of carbonyl (C=O) groups is 1. The minimum absolute atomic E-state index is 0.0352. The Hall–Kier alpha value is -1.81. The minimum Gasteiger partial charge on any atom is -0.348 e. The first-order valence-corrected chi connectivity index (χ1v) is 7.82. The first kappa shape index (κ1) is 14.1. The summed E-state index contributed by atoms with van der Waals surface area (Å²) >= 11 is 1.58. The Balaban J connectivity index is 1.67. The molecule has 21 heavy (non-hydrogen) atoms. The van der Waals surface area contributed by atoms with Gasteiger partial charge in [-0.2, -0.15) is 0 Å². The van der Waals surface area contributed by atoms with Crippen molar-refractivity contribution in [3.8, 4) is 0 Å². The molecule has 108 valence electrons. The van der Waals surface area contributed by atoms with E-state index < -0.39 is 0 Å². The van der Waals surface area contributed by atoms with Gasteiger partial charge in [-0.1, -0.05) is 36.4 Å². The van der Waals surface area contributed by atoms with Gasteiger partial charge in [0.2, 0.25) is 5.91 Å². The maximum absolute atomic E-state index is 13.7. The van der Waals surface area contributed by atoms with Crippen molar-refractivity contribution in [3.05, 3.63) is 65.5 Å². The zero-order valence-corrected chi connectivity index (χ0v) is 12.5. The van der Waals surface area contributed by atoms with Crippen LogP contribution in [0.4, 0.5) is 4.39 Å². The molecule has 1 N–H and O–H groups in total. The summed E-state index contributed by atoms with van der Waals surface area (Å²) in [5.41, 5.74) is 1.73. The third-order valence-corrected chi connectivity index (χ3v) is 4.99. The fraction of sp³-hybridized carbons (Fsp3) is 0.235. The molecule has 0 aromatic heterocycles. The number of nitrogens with one attached hydrogen (secondary N) is 1. The summed E-state index contributed by atoms with van der Waals surface area (Å²) in [6.07, 6.45) is 0.733. The number of amides is 1. The molecule has 1 aliphatic heterocycles. The van der Waals surface area contributed by atoms with E-state index in [1.165, 1.54) is 11.6 Å². The Labute approximate surface area is 127 Å². The third kappa shape index (κ3) is 2.95. The second-order valence-corrected chi connectivity index (χ2v) is 6.41. The van der Waals surface area contributed by atoms with E-state index in [4.69, 9.17) is 0 Å². The Morgan fingerprint density at radius 2 is 1.95 bits per heavy atom. The molecule has 0 radical (unpaired) electrons. The van der Waals surface area contributed by atoms with Gasteiger partial charge in [0, 0.05) is 10.5 Å². The van der Waals surface area contributed by atoms with Crippen LogP contribution in [0.2, 0.25) is 0 Å². The number of hydrogen-bond donors (Lipinski definition) is 1. The summed E-state index contributed by atoms with van der Waals surface area (Å²) in [4.78, 5) is 13.5. The minimum atomic E-state index is -0.331. The van der Waals surface area contributed by atoms with Crippen LogP contribution in [0.25, 0.3) is 0 Å². The molecule has 0 spiro atoms. The molecule has 0 fully saturated rings. The fourth-order valence-electron chi connectivity index (χ4n) is 2.54. The number of carbonyl (C=O) groups excluding carboxylic acids is 1. The van der Waals surface area contributed by atoms with E-state index in [1.807, 2.05) is 25.1 Å². The molecule has 4 heteroatoms. The molecular weight excluding hydrogens is 285 g/mol. The number of hydrogen-bond acceptors (Lipinski definition) is 2. The second-order valence-electron chi connectivity index (χ2n) is 5.17. The highest BCUT2D eigenvalue weighted by atomic mass is 32.2. The predicted octanol–water partition coefficient (Wildman–Crippen LogP) is 3.72. The maximum Gasteiger partial charge on any atom is 0.234 e. The van der Waals surface area contributed by atoms with Gasteiger partial charge in [-0.05, 0) is 31.0 Å². The van der Waals surface area contributed by atoms with E-state index in [9.17, 15) is 9.18 Å². The molecule has 0 aliphatic carbocycles. The lowest BCUT2D eigenvalue weighted by Gasteiger charge is -2.17. The molecule has 0 bridgehead atoms. The molecule has 2 nitrogen and oxygen atoms in total. The lowest BCUT2D eigenvalue weighted by Crippen LogP contribution is -2.34. The molecule has 1 aliphatic rings. The highest BCUT2D eigenvalue weighted by Crippen LogP contribution is 2.37. The van der Waals surface area contributed by atoms with Crippen molar-refractivity contribution in [3.63, 3.8) is 0 Å². The molecule has 1 heterocycles. The summed E-state index contributed by atoms with van der Waals surface area (Å²) < 4.78 is 13.7. The molecule has 3 rings (SSSR count). The van der Waals surface area contributed by atoms with Gasteiger partial charge in [-0.3, -0.25) is 4.79 Å². The van der Waals surface area contributed by atoms with Gasteiger partial charge >= 0.3 is 0 Å². The van der Waals surface area contributed by atoms with Gasteiger partial charge in [0.25, 0.3) is 0 Å². The summed E-state index contributed by atoms with van der Waals surface area (Å²) in [6.45, 7) is 1.81. The van der Waals surface area contributed by atoms with Gasteiger partial charge in [0.1, 0.15) is 5.82 Å². The summed E-state index contributed by atoms with van der Waals surface area (Å²) in [5, 5.41) is 2.79. The highest BCUT2D eigenvalue weighted by Gasteiger charge is 2.29. The zero-order chi connectivity index (χ0) is 14.8. The van der Waals surface area contributed by atoms with E-state index in [-0.39, 0.29) is 23.0 Å². The molecule has 2 atom stereocenters. The van der Waals surface area contributed by atoms with Gasteiger partial charge in [0.05, 0.1) is 11.3 Å². The topological polar surface area (TPSA) is 29.1 Å². The summed E-state index contributed by atoms with van der Waals surface area (Å²) in [5.74, 6) is -0.320. The normalized spacial score (nSPS) is 18.1. The average molecular weight is 301 g/mol. The van der Waals surface area contributed by atoms with Crippen LogP contribution in [-0.2, 0) is 11.2 Å². The highest BCUT2D eigenvalue weighted by molar-refractivity contribution is 8.01. The first-order valence-electron chi connectivity index (χ1n) is 6.94. The Bertz CT molecular complexity index is 648. The molecule has 0 unspecified atom stereocenters. The lowest BCUT2D eigenvalue weighted by atomic mass is 10.1. The molecule has 2 aromatic rings. The number of thioether (sulfide) groups is 1. The fourth-order valence-corrected chi connectivity index (χ4v) is 3.74. The van der Waals surface area contributed by atoms with Crippen LogP contribution in [0.15, 0.2) is 53.4 Å². The van der Waals surface area contributed by atoms with Gasteiger partial charge < -0.3 is 5.32 Å². The molecule has 0 saturated carbocycles. The van der Waals surface area contributed by atoms with Crippen molar-refractivity contribution < 1.29 is 9.18 Å². The van der Waals surface area contributed by atoms with E-state index >= 15 is 0 Å². The van der Waals surface area contributed by atoms with E-state index in [1.54, 1.807) is 30.0 Å². The van der Waals surface area contributed by atoms with Crippen LogP contribution < -0.4 is 5.32 Å². The first-order chi connectivity index (χ1) is 10.1. The Morgan fingerprint density at radius 3 is 2.71 bits per heavy atom. The van der Waals surface area contributed by atoms with Crippen molar-refractivity contribution in [2.45, 2.75) is 29.5 Å². The third-order valence-electron chi connectivity index (χ3n) is 3.67. The van der Waals surface area contributed by atoms with Gasteiger partial charge in [-0.25, -0.2) is 4.39 Å². The smallest absolute Gasteiger partial charge is 0.234 e. The van der Waals surface area contributed by atoms with E-state index in [0.717, 1.165) is 11.3 Å². The predicted molar refractivity (Wildman–Crippen MR) is 82.7 cm³/mol. The van der Waals surface area contributed by atoms with Crippen LogP contribution in [0.5, 0.6) is 0 Å². The molecular formula is C17H16FNOS. The maximum atomic E-state index is 13.7. The number of benzene rings is 2. The number of halogens is 1. The van der Waals surface area contributed by atoms with Crippen LogP contribution in [-0.4, -0.2) is 11.2 Å². The number of rotatable bonds is 3. The van der Waals surface area contributed by atoms with Gasteiger partial charge in [-0.15, -0.1) is 11.8 Å². The van der Waals surface area contributed by atoms with E-state index in [2.05, 4.69) is 11.4 Å². The van der Waals surface area contributed by atoms with Crippen LogP contribution in [0, 0.1) is 5.82 Å². The summed E-state index contributed by atoms with van der Waals surface area (Å²) in [6, 6.07) is 14.3. The van der Waals surface area contributed by atoms with Crippen molar-refractivity contribution >= 4 is 17.7 Å². The molecule has 2 aromatic carbocycles. The quantitative estimate of drug-likeness (QED) is 0.936. The molecule has 0 saturated heterocycles. The van der Waals surface area contributed by atoms with Crippen LogP contribution in [0.1, 0.15) is 24.1 Å². The van der Waals surface area contributed by atoms with Gasteiger partial charge in [0.15, 0.2) is 0 Å². The number of fused-ring (bicyclic) bond motifs is 1. The van der Waals surface area contributed by atoms with E-state index in [0.29, 0.717) is 5.56 Å². The van der Waals surface area contributed by atoms with Crippen LogP contribution >= 0.6 is 11.8 Å². The average Bonchev–Trinajstić information content (AvgIpc) is 2.91. The van der Waals surface area contributed by atoms with Crippen molar-refractivity contribution in [2.24, 2.45) is 0 Å². The summed E-state index contributed by atoms with van der Waals surface area (Å²) in [7, 11) is 0. The second kappa shape index (κ2) is 5.90. The van der Waals surface area contributed by atoms with Crippen molar-refractivity contribution in [2.75, 3.05) is 0 Å². The molecule has 1 amide bonds.